The molecule has 1 saturated carbocycles. The van der Waals surface area contributed by atoms with E-state index in [9.17, 15) is 4.79 Å². The first-order chi connectivity index (χ1) is 7.23. The molecule has 0 aromatic rings. The molecular weight excluding hydrogens is 264 g/mol. The van der Waals surface area contributed by atoms with Gasteiger partial charge in [-0.25, -0.2) is 0 Å². The van der Waals surface area contributed by atoms with Crippen molar-refractivity contribution in [2.45, 2.75) is 58.7 Å². The van der Waals surface area contributed by atoms with E-state index in [2.05, 4.69) is 43.6 Å². The molecule has 1 aliphatic rings. The fourth-order valence-corrected chi connectivity index (χ4v) is 3.59. The number of alkyl halides is 1. The predicted octanol–water partition coefficient (Wildman–Crippen LogP) is 4.44. The lowest BCUT2D eigenvalue weighted by atomic mass is 9.64. The van der Waals surface area contributed by atoms with Crippen LogP contribution in [-0.2, 0) is 4.79 Å². The van der Waals surface area contributed by atoms with Crippen LogP contribution in [0.2, 0.25) is 0 Å². The van der Waals surface area contributed by atoms with Crippen molar-refractivity contribution in [3.8, 4) is 0 Å². The lowest BCUT2D eigenvalue weighted by Crippen LogP contribution is -2.37. The largest absolute Gasteiger partial charge is 0.300 e. The van der Waals surface area contributed by atoms with E-state index in [4.69, 9.17) is 0 Å². The second kappa shape index (κ2) is 5.20. The van der Waals surface area contributed by atoms with Gasteiger partial charge in [-0.05, 0) is 43.4 Å². The van der Waals surface area contributed by atoms with E-state index in [1.54, 1.807) is 6.92 Å². The van der Waals surface area contributed by atoms with Crippen molar-refractivity contribution in [2.75, 3.05) is 0 Å². The SMILES string of the molecule is CC(=O)C1CC[C@H](C(C)(C)C)CC1C(C)Br. The summed E-state index contributed by atoms with van der Waals surface area (Å²) in [6.07, 6.45) is 3.49. The van der Waals surface area contributed by atoms with Crippen LogP contribution in [0.5, 0.6) is 0 Å². The van der Waals surface area contributed by atoms with E-state index in [0.29, 0.717) is 21.9 Å². The summed E-state index contributed by atoms with van der Waals surface area (Å²) in [6.45, 7) is 10.9. The topological polar surface area (TPSA) is 17.1 Å². The second-order valence-electron chi connectivity index (χ2n) is 6.43. The van der Waals surface area contributed by atoms with Crippen LogP contribution in [0.1, 0.15) is 53.9 Å². The van der Waals surface area contributed by atoms with Crippen molar-refractivity contribution >= 4 is 21.7 Å². The van der Waals surface area contributed by atoms with E-state index in [1.807, 2.05) is 0 Å². The Morgan fingerprint density at radius 3 is 2.25 bits per heavy atom. The molecule has 0 bridgehead atoms. The van der Waals surface area contributed by atoms with Crippen molar-refractivity contribution in [3.63, 3.8) is 0 Å². The maximum Gasteiger partial charge on any atom is 0.133 e. The Morgan fingerprint density at radius 1 is 1.31 bits per heavy atom. The number of halogens is 1. The molecule has 1 rings (SSSR count). The molecule has 0 amide bonds. The Labute approximate surface area is 109 Å². The molecule has 16 heavy (non-hydrogen) atoms. The molecule has 3 unspecified atom stereocenters. The molecule has 1 fully saturated rings. The van der Waals surface area contributed by atoms with Gasteiger partial charge in [-0.1, -0.05) is 43.6 Å². The Morgan fingerprint density at radius 2 is 1.88 bits per heavy atom. The maximum absolute atomic E-state index is 11.6. The number of hydrogen-bond donors (Lipinski definition) is 0. The van der Waals surface area contributed by atoms with Crippen molar-refractivity contribution in [1.29, 1.82) is 0 Å². The summed E-state index contributed by atoms with van der Waals surface area (Å²) in [5.41, 5.74) is 0.377. The molecule has 0 N–H and O–H groups in total. The van der Waals surface area contributed by atoms with Gasteiger partial charge in [-0.3, -0.25) is 4.79 Å². The second-order valence-corrected chi connectivity index (χ2v) is 7.88. The molecule has 0 radical (unpaired) electrons. The average molecular weight is 289 g/mol. The van der Waals surface area contributed by atoms with Gasteiger partial charge in [0.05, 0.1) is 0 Å². The number of rotatable bonds is 2. The first-order valence-corrected chi connectivity index (χ1v) is 7.29. The fourth-order valence-electron chi connectivity index (χ4n) is 3.00. The van der Waals surface area contributed by atoms with Gasteiger partial charge in [0.15, 0.2) is 0 Å². The fraction of sp³-hybridized carbons (Fsp3) is 0.929. The van der Waals surface area contributed by atoms with Gasteiger partial charge in [-0.2, -0.15) is 0 Å². The zero-order chi connectivity index (χ0) is 12.5. The quantitative estimate of drug-likeness (QED) is 0.687. The predicted molar refractivity (Wildman–Crippen MR) is 72.8 cm³/mol. The summed E-state index contributed by atoms with van der Waals surface area (Å²) < 4.78 is 0. The Bertz CT molecular complexity index is 252. The first kappa shape index (κ1) is 14.2. The molecular formula is C14H25BrO. The summed E-state index contributed by atoms with van der Waals surface area (Å²) >= 11 is 3.69. The van der Waals surface area contributed by atoms with E-state index in [1.165, 1.54) is 12.8 Å². The van der Waals surface area contributed by atoms with E-state index in [-0.39, 0.29) is 5.92 Å². The third-order valence-corrected chi connectivity index (χ3v) is 4.92. The normalized spacial score (nSPS) is 33.5. The van der Waals surface area contributed by atoms with Crippen molar-refractivity contribution < 1.29 is 4.79 Å². The van der Waals surface area contributed by atoms with Crippen molar-refractivity contribution in [3.05, 3.63) is 0 Å². The Balaban J connectivity index is 2.77. The lowest BCUT2D eigenvalue weighted by molar-refractivity contribution is -0.124. The van der Waals surface area contributed by atoms with Crippen LogP contribution in [0.25, 0.3) is 0 Å². The third kappa shape index (κ3) is 3.32. The standard InChI is InChI=1S/C14H25BrO/c1-9(15)13-8-11(14(3,4)5)6-7-12(13)10(2)16/h9,11-13H,6-8H2,1-5H3/t9?,11-,12?,13?/m0/s1. The lowest BCUT2D eigenvalue weighted by Gasteiger charge is -2.42. The van der Waals surface area contributed by atoms with E-state index < -0.39 is 0 Å². The van der Waals surface area contributed by atoms with Crippen LogP contribution in [-0.4, -0.2) is 10.6 Å². The molecule has 0 aliphatic heterocycles. The van der Waals surface area contributed by atoms with Gasteiger partial charge in [0, 0.05) is 10.7 Å². The van der Waals surface area contributed by atoms with E-state index >= 15 is 0 Å². The summed E-state index contributed by atoms with van der Waals surface area (Å²) in [5, 5.41) is 0. The van der Waals surface area contributed by atoms with Crippen LogP contribution in [0.15, 0.2) is 0 Å². The minimum Gasteiger partial charge on any atom is -0.300 e. The number of carbonyl (C=O) groups is 1. The highest BCUT2D eigenvalue weighted by molar-refractivity contribution is 9.09. The molecule has 0 aromatic carbocycles. The molecule has 0 aromatic heterocycles. The minimum atomic E-state index is 0.285. The molecule has 0 saturated heterocycles. The number of ketones is 1. The molecule has 1 aliphatic carbocycles. The molecule has 0 spiro atoms. The van der Waals surface area contributed by atoms with Gasteiger partial charge in [0.25, 0.3) is 0 Å². The van der Waals surface area contributed by atoms with Crippen LogP contribution in [0.3, 0.4) is 0 Å². The number of hydrogen-bond acceptors (Lipinski definition) is 1. The van der Waals surface area contributed by atoms with Gasteiger partial charge < -0.3 is 0 Å². The van der Waals surface area contributed by atoms with Crippen LogP contribution in [0.4, 0.5) is 0 Å². The maximum atomic E-state index is 11.6. The molecule has 94 valence electrons. The zero-order valence-corrected chi connectivity index (χ0v) is 12.8. The molecule has 2 heteroatoms. The zero-order valence-electron chi connectivity index (χ0n) is 11.2. The third-order valence-electron chi connectivity index (χ3n) is 4.24. The molecule has 4 atom stereocenters. The summed E-state index contributed by atoms with van der Waals surface area (Å²) in [6, 6.07) is 0. The van der Waals surface area contributed by atoms with Gasteiger partial charge >= 0.3 is 0 Å². The highest BCUT2D eigenvalue weighted by Crippen LogP contribution is 2.45. The highest BCUT2D eigenvalue weighted by Gasteiger charge is 2.39. The van der Waals surface area contributed by atoms with Crippen LogP contribution < -0.4 is 0 Å². The van der Waals surface area contributed by atoms with Crippen LogP contribution >= 0.6 is 15.9 Å². The summed E-state index contributed by atoms with van der Waals surface area (Å²) in [4.78, 5) is 12.1. The smallest absolute Gasteiger partial charge is 0.133 e. The molecule has 1 nitrogen and oxygen atoms in total. The van der Waals surface area contributed by atoms with Gasteiger partial charge in [-0.15, -0.1) is 0 Å². The highest BCUT2D eigenvalue weighted by atomic mass is 79.9. The molecule has 0 heterocycles. The van der Waals surface area contributed by atoms with Gasteiger partial charge in [0.2, 0.25) is 0 Å². The summed E-state index contributed by atoms with van der Waals surface area (Å²) in [5.74, 6) is 1.94. The Hall–Kier alpha value is 0.150. The van der Waals surface area contributed by atoms with E-state index in [0.717, 1.165) is 12.3 Å². The number of carbonyl (C=O) groups excluding carboxylic acids is 1. The average Bonchev–Trinajstić information content (AvgIpc) is 2.15. The van der Waals surface area contributed by atoms with Crippen molar-refractivity contribution in [2.24, 2.45) is 23.2 Å². The number of Topliss-reactive ketones (excluding diaryl/α,β-unsaturated/α-hetero) is 1. The monoisotopic (exact) mass is 288 g/mol. The first-order valence-electron chi connectivity index (χ1n) is 6.38. The van der Waals surface area contributed by atoms with Crippen LogP contribution in [0, 0.1) is 23.2 Å². The van der Waals surface area contributed by atoms with Gasteiger partial charge in [0.1, 0.15) is 5.78 Å². The van der Waals surface area contributed by atoms with Crippen molar-refractivity contribution in [1.82, 2.24) is 0 Å². The summed E-state index contributed by atoms with van der Waals surface area (Å²) in [7, 11) is 0. The minimum absolute atomic E-state index is 0.285. The Kier molecular flexibility index (Phi) is 4.62.